The van der Waals surface area contributed by atoms with Crippen molar-refractivity contribution >= 4 is 29.2 Å². The van der Waals surface area contributed by atoms with Crippen molar-refractivity contribution in [1.82, 2.24) is 9.78 Å². The maximum Gasteiger partial charge on any atom is 0.309 e. The monoisotopic (exact) mass is 483 g/mol. The van der Waals surface area contributed by atoms with E-state index in [0.717, 1.165) is 23.3 Å². The largest absolute Gasteiger partial charge is 0.497 e. The third-order valence-corrected chi connectivity index (χ3v) is 7.24. The van der Waals surface area contributed by atoms with Crippen LogP contribution in [-0.2, 0) is 16.1 Å². The van der Waals surface area contributed by atoms with Gasteiger partial charge in [0, 0.05) is 6.07 Å². The average molecular weight is 484 g/mol. The molecule has 1 saturated carbocycles. The molecule has 2 amide bonds. The van der Waals surface area contributed by atoms with Gasteiger partial charge in [-0.1, -0.05) is 30.3 Å². The molecule has 0 radical (unpaired) electrons. The fourth-order valence-electron chi connectivity index (χ4n) is 5.37. The Bertz CT molecular complexity index is 1390. The zero-order valence-corrected chi connectivity index (χ0v) is 20.0. The van der Waals surface area contributed by atoms with Crippen LogP contribution in [0, 0.1) is 17.8 Å². The first-order valence-corrected chi connectivity index (χ1v) is 12.1. The standard InChI is InChI=1S/C28H25N3O5/c1-3-36-28(34)25-21-12-17(13-22(21)25)23-14-24(30(29-23)15-16-8-10-18(35-2)11-9-16)31-26(32)19-6-4-5-7-20(19)27(31)33/h4-12,14,21-22,25H,3,13,15H2,1-2H3/t21-,22+,25+/m1/s1. The summed E-state index contributed by atoms with van der Waals surface area (Å²) in [5.41, 5.74) is 3.47. The molecular formula is C28H25N3O5. The maximum absolute atomic E-state index is 13.2. The SMILES string of the molecule is CCOC(=O)[C@H]1[C@@H]2C=C(c3cc(N4C(=O)c5ccccc5C4=O)n(Cc4ccc(OC)cc4)n3)C[C@@H]21. The number of amides is 2. The number of carbonyl (C=O) groups is 3. The van der Waals surface area contributed by atoms with E-state index in [0.29, 0.717) is 35.8 Å². The Morgan fingerprint density at radius 2 is 1.75 bits per heavy atom. The van der Waals surface area contributed by atoms with E-state index < -0.39 is 0 Å². The van der Waals surface area contributed by atoms with Gasteiger partial charge in [-0.15, -0.1) is 0 Å². The second kappa shape index (κ2) is 8.48. The average Bonchev–Trinajstić information content (AvgIpc) is 3.16. The Morgan fingerprint density at radius 3 is 2.33 bits per heavy atom. The number of anilines is 1. The lowest BCUT2D eigenvalue weighted by Crippen LogP contribution is -2.31. The number of hydrogen-bond acceptors (Lipinski definition) is 6. The highest BCUT2D eigenvalue weighted by Crippen LogP contribution is 2.58. The molecule has 1 aliphatic heterocycles. The molecule has 0 unspecified atom stereocenters. The summed E-state index contributed by atoms with van der Waals surface area (Å²) in [4.78, 5) is 39.9. The smallest absolute Gasteiger partial charge is 0.309 e. The van der Waals surface area contributed by atoms with Gasteiger partial charge in [0.2, 0.25) is 0 Å². The van der Waals surface area contributed by atoms with Crippen LogP contribution in [0.5, 0.6) is 5.75 Å². The predicted molar refractivity (Wildman–Crippen MR) is 132 cm³/mol. The fourth-order valence-corrected chi connectivity index (χ4v) is 5.37. The van der Waals surface area contributed by atoms with Gasteiger partial charge in [0.15, 0.2) is 0 Å². The van der Waals surface area contributed by atoms with Crippen molar-refractivity contribution in [3.63, 3.8) is 0 Å². The summed E-state index contributed by atoms with van der Waals surface area (Å²) < 4.78 is 12.1. The summed E-state index contributed by atoms with van der Waals surface area (Å²) in [7, 11) is 1.61. The third kappa shape index (κ3) is 3.52. The first kappa shape index (κ1) is 22.3. The molecule has 3 aromatic rings. The van der Waals surface area contributed by atoms with E-state index in [1.165, 1.54) is 4.90 Å². The van der Waals surface area contributed by atoms with Crippen molar-refractivity contribution in [2.24, 2.45) is 17.8 Å². The van der Waals surface area contributed by atoms with Crippen LogP contribution < -0.4 is 9.64 Å². The van der Waals surface area contributed by atoms with Crippen molar-refractivity contribution in [3.8, 4) is 5.75 Å². The highest BCUT2D eigenvalue weighted by molar-refractivity contribution is 6.34. The molecule has 2 aliphatic carbocycles. The number of aromatic nitrogens is 2. The van der Waals surface area contributed by atoms with Crippen LogP contribution in [0.15, 0.2) is 60.7 Å². The van der Waals surface area contributed by atoms with Crippen LogP contribution in [0.25, 0.3) is 5.57 Å². The molecule has 1 fully saturated rings. The Morgan fingerprint density at radius 1 is 1.06 bits per heavy atom. The highest BCUT2D eigenvalue weighted by Gasteiger charge is 2.57. The van der Waals surface area contributed by atoms with Crippen LogP contribution in [0.1, 0.15) is 45.3 Å². The van der Waals surface area contributed by atoms with Gasteiger partial charge >= 0.3 is 5.97 Å². The lowest BCUT2D eigenvalue weighted by atomic mass is 10.1. The molecule has 182 valence electrons. The number of methoxy groups -OCH3 is 1. The van der Waals surface area contributed by atoms with Gasteiger partial charge in [0.1, 0.15) is 11.6 Å². The quantitative estimate of drug-likeness (QED) is 0.373. The third-order valence-electron chi connectivity index (χ3n) is 7.24. The van der Waals surface area contributed by atoms with E-state index in [-0.39, 0.29) is 35.5 Å². The summed E-state index contributed by atoms with van der Waals surface area (Å²) in [6.07, 6.45) is 2.81. The molecule has 36 heavy (non-hydrogen) atoms. The van der Waals surface area contributed by atoms with Gasteiger partial charge in [0.25, 0.3) is 11.8 Å². The summed E-state index contributed by atoms with van der Waals surface area (Å²) in [5, 5.41) is 4.82. The minimum atomic E-state index is -0.358. The zero-order chi connectivity index (χ0) is 25.0. The van der Waals surface area contributed by atoms with E-state index in [4.69, 9.17) is 14.6 Å². The summed E-state index contributed by atoms with van der Waals surface area (Å²) in [6.45, 7) is 2.57. The minimum Gasteiger partial charge on any atom is -0.497 e. The number of nitrogens with zero attached hydrogens (tertiary/aromatic N) is 3. The van der Waals surface area contributed by atoms with E-state index in [1.807, 2.05) is 31.2 Å². The number of allylic oxidation sites excluding steroid dienone is 2. The van der Waals surface area contributed by atoms with Crippen molar-refractivity contribution in [2.75, 3.05) is 18.6 Å². The highest BCUT2D eigenvalue weighted by atomic mass is 16.5. The van der Waals surface area contributed by atoms with Gasteiger partial charge in [-0.25, -0.2) is 9.58 Å². The first-order chi connectivity index (χ1) is 17.5. The van der Waals surface area contributed by atoms with Crippen molar-refractivity contribution in [1.29, 1.82) is 0 Å². The normalized spacial score (nSPS) is 21.8. The lowest BCUT2D eigenvalue weighted by molar-refractivity contribution is -0.145. The van der Waals surface area contributed by atoms with E-state index >= 15 is 0 Å². The second-order valence-electron chi connectivity index (χ2n) is 9.30. The Labute approximate surface area is 208 Å². The molecule has 0 saturated heterocycles. The second-order valence-corrected chi connectivity index (χ2v) is 9.30. The number of ether oxygens (including phenoxy) is 2. The summed E-state index contributed by atoms with van der Waals surface area (Å²) in [6, 6.07) is 16.2. The van der Waals surface area contributed by atoms with Crippen LogP contribution >= 0.6 is 0 Å². The lowest BCUT2D eigenvalue weighted by Gasteiger charge is -2.16. The number of carbonyl (C=O) groups excluding carboxylic acids is 3. The van der Waals surface area contributed by atoms with Gasteiger partial charge < -0.3 is 9.47 Å². The molecular weight excluding hydrogens is 458 g/mol. The number of fused-ring (bicyclic) bond motifs is 2. The Balaban J connectivity index is 1.35. The number of hydrogen-bond donors (Lipinski definition) is 0. The molecule has 0 spiro atoms. The van der Waals surface area contributed by atoms with Crippen molar-refractivity contribution < 1.29 is 23.9 Å². The number of imide groups is 1. The minimum absolute atomic E-state index is 0.0780. The van der Waals surface area contributed by atoms with Crippen molar-refractivity contribution in [2.45, 2.75) is 19.9 Å². The maximum atomic E-state index is 13.2. The zero-order valence-electron chi connectivity index (χ0n) is 20.0. The molecule has 3 atom stereocenters. The molecule has 6 rings (SSSR count). The van der Waals surface area contributed by atoms with E-state index in [9.17, 15) is 14.4 Å². The number of esters is 1. The van der Waals surface area contributed by atoms with E-state index in [2.05, 4.69) is 6.08 Å². The van der Waals surface area contributed by atoms with Gasteiger partial charge in [-0.3, -0.25) is 14.4 Å². The topological polar surface area (TPSA) is 90.7 Å². The molecule has 1 aromatic heterocycles. The molecule has 0 bridgehead atoms. The number of benzene rings is 2. The summed E-state index contributed by atoms with van der Waals surface area (Å²) in [5.74, 6) is 0.627. The molecule has 0 N–H and O–H groups in total. The number of rotatable bonds is 7. The van der Waals surface area contributed by atoms with Gasteiger partial charge in [-0.2, -0.15) is 5.10 Å². The predicted octanol–water partition coefficient (Wildman–Crippen LogP) is 3.95. The molecule has 3 aliphatic rings. The molecule has 2 heterocycles. The van der Waals surface area contributed by atoms with Gasteiger partial charge in [0.05, 0.1) is 43.0 Å². The Kier molecular flexibility index (Phi) is 5.25. The van der Waals surface area contributed by atoms with Crippen molar-refractivity contribution in [3.05, 3.63) is 83.1 Å². The Hall–Kier alpha value is -4.20. The van der Waals surface area contributed by atoms with E-state index in [1.54, 1.807) is 42.1 Å². The van der Waals surface area contributed by atoms with Crippen LogP contribution in [0.3, 0.4) is 0 Å². The van der Waals surface area contributed by atoms with Gasteiger partial charge in [-0.05, 0) is 60.6 Å². The molecule has 8 nitrogen and oxygen atoms in total. The first-order valence-electron chi connectivity index (χ1n) is 12.1. The molecule has 2 aromatic carbocycles. The molecule has 8 heteroatoms. The van der Waals surface area contributed by atoms with Crippen LogP contribution in [0.2, 0.25) is 0 Å². The summed E-state index contributed by atoms with van der Waals surface area (Å²) >= 11 is 0. The van der Waals surface area contributed by atoms with Crippen LogP contribution in [0.4, 0.5) is 5.82 Å². The fraction of sp³-hybridized carbons (Fsp3) is 0.286. The van der Waals surface area contributed by atoms with Crippen LogP contribution in [-0.4, -0.2) is 41.3 Å².